The summed E-state index contributed by atoms with van der Waals surface area (Å²) in [6, 6.07) is 14.6. The summed E-state index contributed by atoms with van der Waals surface area (Å²) in [5, 5.41) is 14.9. The molecule has 2 amide bonds. The van der Waals surface area contributed by atoms with E-state index in [0.29, 0.717) is 0 Å². The van der Waals surface area contributed by atoms with Crippen LogP contribution in [-0.4, -0.2) is 55.0 Å². The molecule has 34 heavy (non-hydrogen) atoms. The summed E-state index contributed by atoms with van der Waals surface area (Å²) in [6.07, 6.45) is 0.936. The molecule has 5 rings (SSSR count). The van der Waals surface area contributed by atoms with Crippen LogP contribution < -0.4 is 10.6 Å². The van der Waals surface area contributed by atoms with Crippen molar-refractivity contribution in [2.75, 3.05) is 19.8 Å². The van der Waals surface area contributed by atoms with Crippen molar-refractivity contribution in [2.45, 2.75) is 37.8 Å². The molecule has 0 spiro atoms. The van der Waals surface area contributed by atoms with E-state index in [1.807, 2.05) is 36.4 Å². The average molecular weight is 465 g/mol. The maximum atomic E-state index is 13.0. The third-order valence-corrected chi connectivity index (χ3v) is 7.26. The fourth-order valence-corrected chi connectivity index (χ4v) is 5.00. The molecule has 8 nitrogen and oxygen atoms in total. The Hall–Kier alpha value is -3.39. The van der Waals surface area contributed by atoms with E-state index >= 15 is 0 Å². The molecule has 1 heterocycles. The largest absolute Gasteiger partial charge is 0.480 e. The highest BCUT2D eigenvalue weighted by Gasteiger charge is 2.49. The molecule has 3 N–H and O–H groups in total. The number of carbonyl (C=O) groups excluding carboxylic acids is 2. The standard InChI is InChI=1S/C26H28N2O6/c1-26(24(31)28-22(23(29)30)15-10-11-15)14-33-13-21(26)27-25(32)34-12-20-18-8-4-2-6-16(18)17-7-3-5-9-19(17)20/h2-9,15,20-22H,10-14H2,1H3,(H,27,32)(H,28,31)(H,29,30). The van der Waals surface area contributed by atoms with E-state index in [2.05, 4.69) is 22.8 Å². The first-order valence-corrected chi connectivity index (χ1v) is 11.6. The zero-order valence-electron chi connectivity index (χ0n) is 19.0. The van der Waals surface area contributed by atoms with Gasteiger partial charge in [-0.1, -0.05) is 48.5 Å². The molecule has 2 aromatic rings. The van der Waals surface area contributed by atoms with Gasteiger partial charge in [-0.2, -0.15) is 0 Å². The molecule has 0 radical (unpaired) electrons. The molecule has 3 atom stereocenters. The molecular formula is C26H28N2O6. The summed E-state index contributed by atoms with van der Waals surface area (Å²) in [4.78, 5) is 37.3. The molecule has 1 aliphatic heterocycles. The molecule has 3 aliphatic rings. The Morgan fingerprint density at radius 3 is 2.29 bits per heavy atom. The minimum absolute atomic E-state index is 0.0408. The van der Waals surface area contributed by atoms with Crippen LogP contribution in [0, 0.1) is 11.3 Å². The highest BCUT2D eigenvalue weighted by Crippen LogP contribution is 2.44. The van der Waals surface area contributed by atoms with Gasteiger partial charge in [-0.25, -0.2) is 9.59 Å². The first-order chi connectivity index (χ1) is 16.4. The van der Waals surface area contributed by atoms with E-state index in [9.17, 15) is 19.5 Å². The fraction of sp³-hybridized carbons (Fsp3) is 0.423. The number of aliphatic carboxylic acids is 1. The molecule has 1 saturated carbocycles. The van der Waals surface area contributed by atoms with E-state index in [4.69, 9.17) is 9.47 Å². The van der Waals surface area contributed by atoms with Gasteiger partial charge in [0, 0.05) is 5.92 Å². The van der Waals surface area contributed by atoms with Gasteiger partial charge in [-0.05, 0) is 47.9 Å². The van der Waals surface area contributed by atoms with Crippen molar-refractivity contribution in [3.63, 3.8) is 0 Å². The maximum Gasteiger partial charge on any atom is 0.407 e. The number of rotatable bonds is 7. The Bertz CT molecular complexity index is 1080. The lowest BCUT2D eigenvalue weighted by Crippen LogP contribution is -2.56. The number of fused-ring (bicyclic) bond motifs is 3. The predicted molar refractivity (Wildman–Crippen MR) is 123 cm³/mol. The Morgan fingerprint density at radius 1 is 1.09 bits per heavy atom. The van der Waals surface area contributed by atoms with E-state index in [1.165, 1.54) is 0 Å². The lowest BCUT2D eigenvalue weighted by Gasteiger charge is -2.30. The number of ether oxygens (including phenoxy) is 2. The Morgan fingerprint density at radius 2 is 1.71 bits per heavy atom. The number of carbonyl (C=O) groups is 3. The number of hydrogen-bond acceptors (Lipinski definition) is 5. The topological polar surface area (TPSA) is 114 Å². The molecule has 2 aliphatic carbocycles. The summed E-state index contributed by atoms with van der Waals surface area (Å²) in [5.74, 6) is -1.59. The van der Waals surface area contributed by atoms with Crippen molar-refractivity contribution in [3.8, 4) is 11.1 Å². The van der Waals surface area contributed by atoms with Crippen LogP contribution in [0.1, 0.15) is 36.8 Å². The van der Waals surface area contributed by atoms with Gasteiger partial charge in [0.2, 0.25) is 5.91 Å². The van der Waals surface area contributed by atoms with Gasteiger partial charge in [0.05, 0.1) is 24.7 Å². The Balaban J connectivity index is 1.23. The van der Waals surface area contributed by atoms with Gasteiger partial charge >= 0.3 is 12.1 Å². The molecular weight excluding hydrogens is 436 g/mol. The van der Waals surface area contributed by atoms with E-state index in [1.54, 1.807) is 6.92 Å². The second-order valence-electron chi connectivity index (χ2n) is 9.58. The Labute approximate surface area is 197 Å². The molecule has 2 aromatic carbocycles. The zero-order valence-corrected chi connectivity index (χ0v) is 19.0. The second kappa shape index (κ2) is 8.76. The zero-order chi connectivity index (χ0) is 23.9. The van der Waals surface area contributed by atoms with Crippen molar-refractivity contribution in [2.24, 2.45) is 11.3 Å². The van der Waals surface area contributed by atoms with Gasteiger partial charge in [-0.15, -0.1) is 0 Å². The molecule has 0 aromatic heterocycles. The molecule has 2 fully saturated rings. The van der Waals surface area contributed by atoms with E-state index in [-0.39, 0.29) is 31.7 Å². The van der Waals surface area contributed by atoms with Crippen LogP contribution in [0.2, 0.25) is 0 Å². The lowest BCUT2D eigenvalue weighted by molar-refractivity contribution is -0.144. The first kappa shape index (κ1) is 22.4. The van der Waals surface area contributed by atoms with Gasteiger partial charge in [0.15, 0.2) is 0 Å². The molecule has 3 unspecified atom stereocenters. The Kier molecular flexibility index (Phi) is 5.77. The third kappa shape index (κ3) is 4.03. The SMILES string of the molecule is CC1(C(=O)NC(C(=O)O)C2CC2)COCC1NC(=O)OCC1c2ccccc2-c2ccccc21. The van der Waals surface area contributed by atoms with Crippen molar-refractivity contribution >= 4 is 18.0 Å². The maximum absolute atomic E-state index is 13.0. The lowest BCUT2D eigenvalue weighted by atomic mass is 9.84. The predicted octanol–water partition coefficient (Wildman–Crippen LogP) is 2.91. The van der Waals surface area contributed by atoms with E-state index < -0.39 is 35.5 Å². The van der Waals surface area contributed by atoms with Crippen LogP contribution in [0.5, 0.6) is 0 Å². The van der Waals surface area contributed by atoms with Crippen molar-refractivity contribution < 1.29 is 29.0 Å². The molecule has 178 valence electrons. The van der Waals surface area contributed by atoms with Crippen LogP contribution in [0.4, 0.5) is 4.79 Å². The van der Waals surface area contributed by atoms with Crippen LogP contribution in [0.15, 0.2) is 48.5 Å². The monoisotopic (exact) mass is 464 g/mol. The quantitative estimate of drug-likeness (QED) is 0.581. The van der Waals surface area contributed by atoms with Crippen LogP contribution in [-0.2, 0) is 19.1 Å². The van der Waals surface area contributed by atoms with Crippen LogP contribution >= 0.6 is 0 Å². The first-order valence-electron chi connectivity index (χ1n) is 11.6. The smallest absolute Gasteiger partial charge is 0.407 e. The summed E-state index contributed by atoms with van der Waals surface area (Å²) in [6.45, 7) is 2.08. The van der Waals surface area contributed by atoms with Crippen molar-refractivity contribution in [1.82, 2.24) is 10.6 Å². The van der Waals surface area contributed by atoms with Crippen molar-refractivity contribution in [3.05, 3.63) is 59.7 Å². The van der Waals surface area contributed by atoms with Gasteiger partial charge in [0.25, 0.3) is 0 Å². The summed E-state index contributed by atoms with van der Waals surface area (Å²) < 4.78 is 11.1. The number of amides is 2. The minimum Gasteiger partial charge on any atom is -0.480 e. The van der Waals surface area contributed by atoms with Crippen LogP contribution in [0.25, 0.3) is 11.1 Å². The van der Waals surface area contributed by atoms with Crippen molar-refractivity contribution in [1.29, 1.82) is 0 Å². The summed E-state index contributed by atoms with van der Waals surface area (Å²) in [7, 11) is 0. The molecule has 1 saturated heterocycles. The highest BCUT2D eigenvalue weighted by molar-refractivity contribution is 5.89. The van der Waals surface area contributed by atoms with Gasteiger partial charge in [-0.3, -0.25) is 4.79 Å². The number of hydrogen-bond donors (Lipinski definition) is 3. The number of benzene rings is 2. The van der Waals surface area contributed by atoms with Crippen LogP contribution in [0.3, 0.4) is 0 Å². The number of nitrogens with one attached hydrogen (secondary N) is 2. The van der Waals surface area contributed by atoms with E-state index in [0.717, 1.165) is 35.1 Å². The molecule has 8 heteroatoms. The average Bonchev–Trinajstić information content (AvgIpc) is 3.53. The molecule has 0 bridgehead atoms. The normalized spacial score (nSPS) is 24.1. The summed E-state index contributed by atoms with van der Waals surface area (Å²) >= 11 is 0. The van der Waals surface area contributed by atoms with Gasteiger partial charge in [0.1, 0.15) is 12.6 Å². The van der Waals surface area contributed by atoms with Gasteiger partial charge < -0.3 is 25.2 Å². The summed E-state index contributed by atoms with van der Waals surface area (Å²) in [5.41, 5.74) is 3.43. The number of alkyl carbamates (subject to hydrolysis) is 1. The number of carboxylic acid groups (broad SMARTS) is 1. The third-order valence-electron chi connectivity index (χ3n) is 7.26. The fourth-order valence-electron chi connectivity index (χ4n) is 5.00. The second-order valence-corrected chi connectivity index (χ2v) is 9.58. The number of carboxylic acids is 1. The highest BCUT2D eigenvalue weighted by atomic mass is 16.5. The minimum atomic E-state index is -1.09.